The first-order valence-corrected chi connectivity index (χ1v) is 5.74. The number of rotatable bonds is 2. The molecule has 0 fully saturated rings. The van der Waals surface area contributed by atoms with E-state index in [9.17, 15) is 5.11 Å². The molecule has 0 bridgehead atoms. The van der Waals surface area contributed by atoms with Crippen molar-refractivity contribution in [1.29, 1.82) is 0 Å². The molecule has 0 unspecified atom stereocenters. The van der Waals surface area contributed by atoms with Gasteiger partial charge in [-0.05, 0) is 32.4 Å². The highest BCUT2D eigenvalue weighted by atomic mass is 35.5. The molecule has 5 heteroatoms. The van der Waals surface area contributed by atoms with Gasteiger partial charge in [0.2, 0.25) is 0 Å². The lowest BCUT2D eigenvalue weighted by atomic mass is 10.2. The maximum atomic E-state index is 9.40. The summed E-state index contributed by atoms with van der Waals surface area (Å²) in [6, 6.07) is 3.65. The lowest BCUT2D eigenvalue weighted by Gasteiger charge is -2.06. The number of aliphatic hydroxyl groups is 1. The van der Waals surface area contributed by atoms with Gasteiger partial charge in [-0.1, -0.05) is 17.7 Å². The minimum Gasteiger partial charge on any atom is -0.389 e. The fraction of sp³-hybridized carbons (Fsp3) is 0.333. The zero-order valence-corrected chi connectivity index (χ0v) is 10.7. The second-order valence-corrected chi connectivity index (χ2v) is 4.40. The first kappa shape index (κ1) is 12.1. The SMILES string of the molecule is Cc1nn(-c2ccc([C@@H](C)O)cn2)c(C)c1Cl. The minimum absolute atomic E-state index is 0.513. The number of hydrogen-bond acceptors (Lipinski definition) is 3. The molecule has 0 saturated carbocycles. The highest BCUT2D eigenvalue weighted by Crippen LogP contribution is 2.22. The van der Waals surface area contributed by atoms with E-state index < -0.39 is 6.10 Å². The number of aromatic nitrogens is 3. The van der Waals surface area contributed by atoms with Gasteiger partial charge in [0.1, 0.15) is 0 Å². The predicted molar refractivity (Wildman–Crippen MR) is 66.5 cm³/mol. The second-order valence-electron chi connectivity index (χ2n) is 4.02. The first-order valence-electron chi connectivity index (χ1n) is 5.37. The normalized spacial score (nSPS) is 12.8. The average molecular weight is 252 g/mol. The third-order valence-corrected chi connectivity index (χ3v) is 3.22. The summed E-state index contributed by atoms with van der Waals surface area (Å²) < 4.78 is 1.70. The van der Waals surface area contributed by atoms with Crippen molar-refractivity contribution in [2.24, 2.45) is 0 Å². The maximum absolute atomic E-state index is 9.40. The molecule has 90 valence electrons. The smallest absolute Gasteiger partial charge is 0.153 e. The Morgan fingerprint density at radius 1 is 1.35 bits per heavy atom. The van der Waals surface area contributed by atoms with Crippen LogP contribution in [0, 0.1) is 13.8 Å². The van der Waals surface area contributed by atoms with Crippen LogP contribution < -0.4 is 0 Å². The molecule has 0 saturated heterocycles. The minimum atomic E-state index is -0.513. The van der Waals surface area contributed by atoms with Crippen LogP contribution in [0.25, 0.3) is 5.82 Å². The summed E-state index contributed by atoms with van der Waals surface area (Å²) in [7, 11) is 0. The van der Waals surface area contributed by atoms with E-state index in [1.54, 1.807) is 17.8 Å². The summed E-state index contributed by atoms with van der Waals surface area (Å²) in [5.41, 5.74) is 2.42. The molecule has 0 spiro atoms. The van der Waals surface area contributed by atoms with Crippen molar-refractivity contribution < 1.29 is 5.11 Å². The quantitative estimate of drug-likeness (QED) is 0.893. The van der Waals surface area contributed by atoms with Crippen molar-refractivity contribution in [2.75, 3.05) is 0 Å². The van der Waals surface area contributed by atoms with Crippen molar-refractivity contribution in [1.82, 2.24) is 14.8 Å². The zero-order valence-electron chi connectivity index (χ0n) is 9.98. The number of pyridine rings is 1. The van der Waals surface area contributed by atoms with Crippen LogP contribution in [-0.2, 0) is 0 Å². The van der Waals surface area contributed by atoms with Gasteiger partial charge < -0.3 is 5.11 Å². The van der Waals surface area contributed by atoms with Crippen molar-refractivity contribution >= 4 is 11.6 Å². The Bertz CT molecular complexity index is 531. The van der Waals surface area contributed by atoms with E-state index >= 15 is 0 Å². The average Bonchev–Trinajstić information content (AvgIpc) is 2.57. The zero-order chi connectivity index (χ0) is 12.6. The van der Waals surface area contributed by atoms with E-state index in [1.165, 1.54) is 0 Å². The molecule has 2 aromatic heterocycles. The van der Waals surface area contributed by atoms with Gasteiger partial charge in [-0.3, -0.25) is 0 Å². The van der Waals surface area contributed by atoms with Crippen LogP contribution in [0.5, 0.6) is 0 Å². The Hall–Kier alpha value is -1.39. The lowest BCUT2D eigenvalue weighted by Crippen LogP contribution is -2.03. The topological polar surface area (TPSA) is 50.9 Å². The lowest BCUT2D eigenvalue weighted by molar-refractivity contribution is 0.199. The molecule has 4 nitrogen and oxygen atoms in total. The summed E-state index contributed by atoms with van der Waals surface area (Å²) in [4.78, 5) is 4.27. The Morgan fingerprint density at radius 3 is 2.47 bits per heavy atom. The van der Waals surface area contributed by atoms with Gasteiger partial charge in [-0.15, -0.1) is 0 Å². The molecular weight excluding hydrogens is 238 g/mol. The summed E-state index contributed by atoms with van der Waals surface area (Å²) in [5.74, 6) is 0.696. The van der Waals surface area contributed by atoms with E-state index in [0.29, 0.717) is 10.8 Å². The summed E-state index contributed by atoms with van der Waals surface area (Å²) in [5, 5.41) is 14.4. The molecule has 0 radical (unpaired) electrons. The highest BCUT2D eigenvalue weighted by Gasteiger charge is 2.11. The van der Waals surface area contributed by atoms with Crippen molar-refractivity contribution in [3.05, 3.63) is 40.3 Å². The van der Waals surface area contributed by atoms with Gasteiger partial charge in [0.15, 0.2) is 5.82 Å². The molecule has 17 heavy (non-hydrogen) atoms. The maximum Gasteiger partial charge on any atom is 0.153 e. The number of nitrogens with zero attached hydrogens (tertiary/aromatic N) is 3. The molecular formula is C12H14ClN3O. The van der Waals surface area contributed by atoms with Crippen LogP contribution in [0.2, 0.25) is 5.02 Å². The summed E-state index contributed by atoms with van der Waals surface area (Å²) in [6.45, 7) is 5.46. The van der Waals surface area contributed by atoms with Crippen LogP contribution in [0.4, 0.5) is 0 Å². The molecule has 0 amide bonds. The molecule has 0 aliphatic carbocycles. The predicted octanol–water partition coefficient (Wildman–Crippen LogP) is 2.59. The summed E-state index contributed by atoms with van der Waals surface area (Å²) in [6.07, 6.45) is 1.13. The van der Waals surface area contributed by atoms with Crippen LogP contribution in [0.15, 0.2) is 18.3 Å². The van der Waals surface area contributed by atoms with Gasteiger partial charge in [0, 0.05) is 6.20 Å². The summed E-state index contributed by atoms with van der Waals surface area (Å²) >= 11 is 6.08. The van der Waals surface area contributed by atoms with E-state index in [1.807, 2.05) is 26.0 Å². The molecule has 2 heterocycles. The third kappa shape index (κ3) is 2.18. The molecule has 2 rings (SSSR count). The molecule has 1 atom stereocenters. The van der Waals surface area contributed by atoms with Gasteiger partial charge in [-0.2, -0.15) is 5.10 Å². The molecule has 0 aliphatic rings. The Balaban J connectivity index is 2.43. The third-order valence-electron chi connectivity index (χ3n) is 2.67. The van der Waals surface area contributed by atoms with E-state index in [0.717, 1.165) is 17.0 Å². The fourth-order valence-corrected chi connectivity index (χ4v) is 1.73. The van der Waals surface area contributed by atoms with Crippen LogP contribution in [-0.4, -0.2) is 19.9 Å². The Kier molecular flexibility index (Phi) is 3.17. The van der Waals surface area contributed by atoms with Crippen molar-refractivity contribution in [3.63, 3.8) is 0 Å². The Labute approximate surface area is 105 Å². The van der Waals surface area contributed by atoms with E-state index in [4.69, 9.17) is 11.6 Å². The van der Waals surface area contributed by atoms with Gasteiger partial charge in [0.25, 0.3) is 0 Å². The van der Waals surface area contributed by atoms with Gasteiger partial charge in [-0.25, -0.2) is 9.67 Å². The molecule has 0 aliphatic heterocycles. The number of halogens is 1. The van der Waals surface area contributed by atoms with Crippen molar-refractivity contribution in [3.8, 4) is 5.82 Å². The number of aryl methyl sites for hydroxylation is 1. The van der Waals surface area contributed by atoms with E-state index in [2.05, 4.69) is 10.1 Å². The fourth-order valence-electron chi connectivity index (χ4n) is 1.62. The standard InChI is InChI=1S/C12H14ClN3O/c1-7-12(13)8(2)16(15-7)11-5-4-10(6-14-11)9(3)17/h4-6,9,17H,1-3H3/t9-/m1/s1. The molecule has 1 N–H and O–H groups in total. The second kappa shape index (κ2) is 4.47. The van der Waals surface area contributed by atoms with Crippen LogP contribution in [0.3, 0.4) is 0 Å². The highest BCUT2D eigenvalue weighted by molar-refractivity contribution is 6.31. The number of aliphatic hydroxyl groups excluding tert-OH is 1. The first-order chi connectivity index (χ1) is 8.00. The molecule has 0 aromatic carbocycles. The number of hydrogen-bond donors (Lipinski definition) is 1. The van der Waals surface area contributed by atoms with Crippen LogP contribution in [0.1, 0.15) is 30.0 Å². The van der Waals surface area contributed by atoms with Gasteiger partial charge >= 0.3 is 0 Å². The van der Waals surface area contributed by atoms with Gasteiger partial charge in [0.05, 0.1) is 22.5 Å². The van der Waals surface area contributed by atoms with E-state index in [-0.39, 0.29) is 0 Å². The van der Waals surface area contributed by atoms with Crippen LogP contribution >= 0.6 is 11.6 Å². The monoisotopic (exact) mass is 251 g/mol. The van der Waals surface area contributed by atoms with Crippen molar-refractivity contribution in [2.45, 2.75) is 26.9 Å². The Morgan fingerprint density at radius 2 is 2.06 bits per heavy atom. The molecule has 2 aromatic rings. The largest absolute Gasteiger partial charge is 0.389 e.